The van der Waals surface area contributed by atoms with E-state index in [0.29, 0.717) is 6.42 Å². The Morgan fingerprint density at radius 3 is 1.43 bits per heavy atom. The maximum Gasteiger partial charge on any atom is 0 e. The molecule has 0 aliphatic heterocycles. The van der Waals surface area contributed by atoms with E-state index < -0.39 is 0 Å². The first-order valence-corrected chi connectivity index (χ1v) is 6.44. The fourth-order valence-corrected chi connectivity index (χ4v) is 1.16. The minimum Gasteiger partial charge on any atom is -0.214 e. The summed E-state index contributed by atoms with van der Waals surface area (Å²) in [7, 11) is 0. The zero-order valence-corrected chi connectivity index (χ0v) is 17.0. The molecule has 0 atom stereocenters. The smallest absolute Gasteiger partial charge is 0 e. The van der Waals surface area contributed by atoms with Crippen LogP contribution in [0.2, 0.25) is 0 Å². The molecular formula is C20H16FeMnO6-2. The summed E-state index contributed by atoms with van der Waals surface area (Å²) in [6, 6.07) is 19.6. The van der Waals surface area contributed by atoms with Crippen LogP contribution < -0.4 is 0 Å². The van der Waals surface area contributed by atoms with Crippen molar-refractivity contribution < 1.29 is 62.2 Å². The number of Topliss-reactive ketones (excluding diaryl/α,β-unsaturated/α-hetero) is 1. The predicted octanol–water partition coefficient (Wildman–Crippen LogP) is 3.43. The Morgan fingerprint density at radius 2 is 1.18 bits per heavy atom. The minimum absolute atomic E-state index is 0. The first kappa shape index (κ1) is 44.9. The Hall–Kier alpha value is -2.15. The first-order valence-electron chi connectivity index (χ1n) is 6.44. The van der Waals surface area contributed by atoms with Gasteiger partial charge in [0.15, 0.2) is 0 Å². The SMILES string of the molecule is CCC(=O)[CH-]c1ccccc1.[C-]#[O+].[C-]#[O+].[C-]#[O+].[C-]#[O+].[C-]#[O+].[Fe].[Mn].c1cc[cH-]c1. The summed E-state index contributed by atoms with van der Waals surface area (Å²) in [5.74, 6) is 0.177. The van der Waals surface area contributed by atoms with Crippen molar-refractivity contribution in [2.24, 2.45) is 0 Å². The maximum atomic E-state index is 10.9. The zero-order valence-electron chi connectivity index (χ0n) is 14.7. The van der Waals surface area contributed by atoms with E-state index in [1.54, 1.807) is 6.42 Å². The average Bonchev–Trinajstić information content (AvgIpc) is 3.36. The Morgan fingerprint density at radius 1 is 0.821 bits per heavy atom. The van der Waals surface area contributed by atoms with Crippen molar-refractivity contribution in [1.82, 2.24) is 0 Å². The number of benzene rings is 1. The van der Waals surface area contributed by atoms with Crippen molar-refractivity contribution in [3.63, 3.8) is 0 Å². The van der Waals surface area contributed by atoms with Crippen LogP contribution in [0.15, 0.2) is 60.7 Å². The molecule has 0 amide bonds. The average molecular weight is 463 g/mol. The van der Waals surface area contributed by atoms with E-state index in [2.05, 4.69) is 33.3 Å². The van der Waals surface area contributed by atoms with Crippen LogP contribution in [0.4, 0.5) is 0 Å². The molecule has 0 bridgehead atoms. The fraction of sp³-hybridized carbons (Fsp3) is 0.100. The van der Waals surface area contributed by atoms with Gasteiger partial charge in [0.05, 0.1) is 0 Å². The van der Waals surface area contributed by atoms with Gasteiger partial charge in [0.2, 0.25) is 0 Å². The molecule has 28 heavy (non-hydrogen) atoms. The van der Waals surface area contributed by atoms with E-state index in [-0.39, 0.29) is 39.9 Å². The molecule has 2 aromatic rings. The van der Waals surface area contributed by atoms with Gasteiger partial charge in [-0.1, -0.05) is 13.0 Å². The molecule has 0 fully saturated rings. The van der Waals surface area contributed by atoms with Gasteiger partial charge >= 0.3 is 56.5 Å². The monoisotopic (exact) mass is 463 g/mol. The Kier molecular flexibility index (Phi) is 90.3. The third-order valence-electron chi connectivity index (χ3n) is 2.03. The molecule has 8 heteroatoms. The molecule has 149 valence electrons. The van der Waals surface area contributed by atoms with Crippen LogP contribution in [0.5, 0.6) is 0 Å². The van der Waals surface area contributed by atoms with Crippen LogP contribution in [-0.2, 0) is 62.2 Å². The number of carbonyl (C=O) groups excluding carboxylic acids is 1. The maximum absolute atomic E-state index is 10.9. The molecule has 0 unspecified atom stereocenters. The molecule has 0 saturated carbocycles. The summed E-state index contributed by atoms with van der Waals surface area (Å²) in [6.07, 6.45) is 2.24. The predicted molar refractivity (Wildman–Crippen MR) is 86.8 cm³/mol. The molecule has 0 aliphatic rings. The molecule has 0 heterocycles. The van der Waals surface area contributed by atoms with Gasteiger partial charge in [-0.05, 0) is 6.42 Å². The summed E-state index contributed by atoms with van der Waals surface area (Å²) in [5.41, 5.74) is 0.986. The topological polar surface area (TPSA) is 117 Å². The Labute approximate surface area is 187 Å². The van der Waals surface area contributed by atoms with Crippen molar-refractivity contribution in [2.75, 3.05) is 0 Å². The minimum atomic E-state index is 0. The van der Waals surface area contributed by atoms with Crippen LogP contribution in [0.25, 0.3) is 0 Å². The quantitative estimate of drug-likeness (QED) is 0.387. The summed E-state index contributed by atoms with van der Waals surface area (Å²) in [5, 5.41) is 0. The van der Waals surface area contributed by atoms with Crippen LogP contribution in [0.3, 0.4) is 0 Å². The second-order valence-corrected chi connectivity index (χ2v) is 3.34. The van der Waals surface area contributed by atoms with E-state index >= 15 is 0 Å². The molecule has 6 nitrogen and oxygen atoms in total. The third kappa shape index (κ3) is 43.9. The van der Waals surface area contributed by atoms with Crippen LogP contribution >= 0.6 is 0 Å². The van der Waals surface area contributed by atoms with E-state index in [4.69, 9.17) is 23.3 Å². The van der Waals surface area contributed by atoms with Gasteiger partial charge in [-0.3, -0.25) is 0 Å². The van der Waals surface area contributed by atoms with Crippen molar-refractivity contribution in [3.05, 3.63) is 106 Å². The van der Waals surface area contributed by atoms with Gasteiger partial charge < -0.3 is 4.79 Å². The fourth-order valence-electron chi connectivity index (χ4n) is 1.16. The van der Waals surface area contributed by atoms with Crippen LogP contribution in [0, 0.1) is 39.7 Å². The normalized spacial score (nSPS) is 5.39. The van der Waals surface area contributed by atoms with Gasteiger partial charge in [0.25, 0.3) is 0 Å². The number of hydrogen-bond acceptors (Lipinski definition) is 1. The first-order chi connectivity index (χ1) is 12.8. The summed E-state index contributed by atoms with van der Waals surface area (Å²) < 4.78 is 37.5. The number of hydrogen-bond donors (Lipinski definition) is 0. The van der Waals surface area contributed by atoms with Crippen LogP contribution in [-0.4, -0.2) is 5.78 Å². The molecule has 0 spiro atoms. The summed E-state index contributed by atoms with van der Waals surface area (Å²) >= 11 is 0. The summed E-state index contributed by atoms with van der Waals surface area (Å²) in [6.45, 7) is 24.4. The third-order valence-corrected chi connectivity index (χ3v) is 2.03. The molecule has 0 aliphatic carbocycles. The van der Waals surface area contributed by atoms with Crippen molar-refractivity contribution >= 4 is 5.78 Å². The number of rotatable bonds is 3. The second-order valence-electron chi connectivity index (χ2n) is 3.34. The largest absolute Gasteiger partial charge is 0.214 e. The molecule has 1 radical (unpaired) electrons. The molecule has 2 rings (SSSR count). The van der Waals surface area contributed by atoms with Gasteiger partial charge in [0, 0.05) is 34.1 Å². The van der Waals surface area contributed by atoms with Crippen molar-refractivity contribution in [1.29, 1.82) is 0 Å². The van der Waals surface area contributed by atoms with Crippen LogP contribution in [0.1, 0.15) is 18.9 Å². The Bertz CT molecular complexity index is 535. The van der Waals surface area contributed by atoms with Gasteiger partial charge in [-0.2, -0.15) is 35.9 Å². The van der Waals surface area contributed by atoms with E-state index in [9.17, 15) is 4.79 Å². The van der Waals surface area contributed by atoms with Gasteiger partial charge in [-0.15, -0.1) is 18.6 Å². The molecule has 0 aromatic heterocycles. The molecular weight excluding hydrogens is 447 g/mol. The van der Waals surface area contributed by atoms with Gasteiger partial charge in [-0.25, -0.2) is 12.1 Å². The van der Waals surface area contributed by atoms with E-state index in [1.807, 2.05) is 67.6 Å². The molecule has 0 N–H and O–H groups in total. The molecule has 0 saturated heterocycles. The van der Waals surface area contributed by atoms with E-state index in [0.717, 1.165) is 5.56 Å². The van der Waals surface area contributed by atoms with Crippen molar-refractivity contribution in [2.45, 2.75) is 13.3 Å². The molecule has 2 aromatic carbocycles. The Balaban J connectivity index is -0.0000000444. The van der Waals surface area contributed by atoms with Gasteiger partial charge in [0.1, 0.15) is 5.78 Å². The van der Waals surface area contributed by atoms with Crippen molar-refractivity contribution in [3.8, 4) is 0 Å². The number of carbonyl (C=O) groups is 1. The number of ketones is 1. The standard InChI is InChI=1S/C10H11O.C5H5.5CO.Fe.Mn/c1-2-10(11)8-9-6-4-3-5-7-9;1-2-4-5-3-1;5*1-2;;/h3-8H,2H2,1H3;1-5H;;;;;;;/q2*-1;;;;;;;. The summed E-state index contributed by atoms with van der Waals surface area (Å²) in [4.78, 5) is 10.9. The second kappa shape index (κ2) is 56.3. The zero-order chi connectivity index (χ0) is 21.6. The van der Waals surface area contributed by atoms with E-state index in [1.165, 1.54) is 0 Å².